The van der Waals surface area contributed by atoms with Crippen molar-refractivity contribution < 1.29 is 8.42 Å². The number of sulfonamides is 1. The first-order valence-corrected chi connectivity index (χ1v) is 8.39. The Kier molecular flexibility index (Phi) is 4.85. The topological polar surface area (TPSA) is 88.3 Å². The monoisotopic (exact) mass is 318 g/mol. The largest absolute Gasteiger partial charge is 0.307 e. The lowest BCUT2D eigenvalue weighted by Crippen LogP contribution is -2.38. The Bertz CT molecular complexity index is 573. The van der Waals surface area contributed by atoms with Crippen molar-refractivity contribution >= 4 is 27.4 Å². The van der Waals surface area contributed by atoms with Gasteiger partial charge in [0.1, 0.15) is 4.90 Å². The average Bonchev–Trinajstić information content (AvgIpc) is 2.47. The lowest BCUT2D eigenvalue weighted by atomic mass is 9.96. The zero-order valence-electron chi connectivity index (χ0n) is 11.3. The highest BCUT2D eigenvalue weighted by Crippen LogP contribution is 2.28. The fraction of sp³-hybridized carbons (Fsp3) is 0.583. The van der Waals surface area contributed by atoms with Crippen molar-refractivity contribution in [2.45, 2.75) is 43.0 Å². The van der Waals surface area contributed by atoms with Gasteiger partial charge in [-0.1, -0.05) is 30.9 Å². The number of hydrazine groups is 1. The summed E-state index contributed by atoms with van der Waals surface area (Å²) >= 11 is 5.94. The number of rotatable bonds is 4. The Balaban J connectivity index is 2.27. The Morgan fingerprint density at radius 2 is 2.05 bits per heavy atom. The number of pyridine rings is 1. The molecule has 0 aromatic carbocycles. The molecule has 20 heavy (non-hydrogen) atoms. The van der Waals surface area contributed by atoms with E-state index in [0.717, 1.165) is 25.7 Å². The molecule has 0 unspecified atom stereocenters. The van der Waals surface area contributed by atoms with Crippen molar-refractivity contribution in [2.75, 3.05) is 12.5 Å². The lowest BCUT2D eigenvalue weighted by Gasteiger charge is -2.30. The third kappa shape index (κ3) is 3.06. The van der Waals surface area contributed by atoms with Gasteiger partial charge < -0.3 is 5.43 Å². The van der Waals surface area contributed by atoms with Crippen molar-refractivity contribution in [1.82, 2.24) is 9.29 Å². The number of nitrogens with zero attached hydrogens (tertiary/aromatic N) is 2. The summed E-state index contributed by atoms with van der Waals surface area (Å²) in [7, 11) is -1.95. The van der Waals surface area contributed by atoms with Crippen LogP contribution in [-0.2, 0) is 10.0 Å². The molecule has 1 heterocycles. The molecule has 0 amide bonds. The molecule has 0 radical (unpaired) electrons. The standard InChI is InChI=1S/C12H19ClN4O2S/c1-17(9-5-3-2-4-6-9)20(18,19)10-7-11(13)12(16-14)15-8-10/h7-9H,2-6,14H2,1H3,(H,15,16). The number of halogens is 1. The van der Waals surface area contributed by atoms with Crippen LogP contribution in [0.3, 0.4) is 0 Å². The van der Waals surface area contributed by atoms with Crippen molar-refractivity contribution in [1.29, 1.82) is 0 Å². The molecule has 8 heteroatoms. The van der Waals surface area contributed by atoms with Gasteiger partial charge in [-0.15, -0.1) is 0 Å². The zero-order chi connectivity index (χ0) is 14.8. The molecule has 0 spiro atoms. The van der Waals surface area contributed by atoms with Gasteiger partial charge in [0.05, 0.1) is 5.02 Å². The maximum Gasteiger partial charge on any atom is 0.244 e. The third-order valence-electron chi connectivity index (χ3n) is 3.72. The van der Waals surface area contributed by atoms with Crippen LogP contribution in [0.15, 0.2) is 17.2 Å². The summed E-state index contributed by atoms with van der Waals surface area (Å²) in [5, 5.41) is 0.186. The molecule has 2 rings (SSSR count). The van der Waals surface area contributed by atoms with E-state index < -0.39 is 10.0 Å². The number of nitrogen functional groups attached to an aromatic ring is 1. The number of hydrogen-bond donors (Lipinski definition) is 2. The van der Waals surface area contributed by atoms with E-state index in [1.165, 1.54) is 23.0 Å². The molecule has 1 aromatic rings. The van der Waals surface area contributed by atoms with E-state index in [1.54, 1.807) is 7.05 Å². The van der Waals surface area contributed by atoms with Crippen LogP contribution < -0.4 is 11.3 Å². The minimum Gasteiger partial charge on any atom is -0.307 e. The first-order chi connectivity index (χ1) is 9.46. The van der Waals surface area contributed by atoms with Gasteiger partial charge in [0, 0.05) is 19.3 Å². The Morgan fingerprint density at radius 3 is 2.60 bits per heavy atom. The van der Waals surface area contributed by atoms with Gasteiger partial charge in [0.2, 0.25) is 10.0 Å². The molecule has 112 valence electrons. The van der Waals surface area contributed by atoms with Crippen LogP contribution in [0.2, 0.25) is 5.02 Å². The second-order valence-electron chi connectivity index (χ2n) is 4.96. The van der Waals surface area contributed by atoms with Crippen LogP contribution in [0.25, 0.3) is 0 Å². The van der Waals surface area contributed by atoms with E-state index in [9.17, 15) is 8.42 Å². The highest BCUT2D eigenvalue weighted by Gasteiger charge is 2.29. The van der Waals surface area contributed by atoms with Gasteiger partial charge in [-0.3, -0.25) is 0 Å². The van der Waals surface area contributed by atoms with Gasteiger partial charge in [0.15, 0.2) is 5.82 Å². The normalized spacial score (nSPS) is 17.4. The summed E-state index contributed by atoms with van der Waals surface area (Å²) in [6.07, 6.45) is 6.39. The SMILES string of the molecule is CN(C1CCCCC1)S(=O)(=O)c1cnc(NN)c(Cl)c1. The van der Waals surface area contributed by atoms with Gasteiger partial charge in [-0.05, 0) is 18.9 Å². The summed E-state index contributed by atoms with van der Waals surface area (Å²) in [6.45, 7) is 0. The van der Waals surface area contributed by atoms with Crippen molar-refractivity contribution in [2.24, 2.45) is 5.84 Å². The molecule has 3 N–H and O–H groups in total. The molecule has 6 nitrogen and oxygen atoms in total. The molecular weight excluding hydrogens is 300 g/mol. The predicted molar refractivity (Wildman–Crippen MR) is 78.9 cm³/mol. The number of nitrogens with two attached hydrogens (primary N) is 1. The second-order valence-corrected chi connectivity index (χ2v) is 7.36. The minimum atomic E-state index is -3.57. The van der Waals surface area contributed by atoms with E-state index >= 15 is 0 Å². The highest BCUT2D eigenvalue weighted by molar-refractivity contribution is 7.89. The maximum absolute atomic E-state index is 12.6. The molecule has 0 bridgehead atoms. The molecule has 0 saturated heterocycles. The molecule has 1 fully saturated rings. The Hall–Kier alpha value is -0.890. The van der Waals surface area contributed by atoms with Crippen molar-refractivity contribution in [3.8, 4) is 0 Å². The van der Waals surface area contributed by atoms with Crippen LogP contribution in [-0.4, -0.2) is 30.8 Å². The molecule has 1 aromatic heterocycles. The third-order valence-corrected chi connectivity index (χ3v) is 5.88. The molecule has 1 aliphatic carbocycles. The van der Waals surface area contributed by atoms with E-state index in [-0.39, 0.29) is 21.8 Å². The molecule has 1 aliphatic rings. The summed E-state index contributed by atoms with van der Waals surface area (Å²) in [6, 6.07) is 1.43. The first-order valence-electron chi connectivity index (χ1n) is 6.57. The van der Waals surface area contributed by atoms with Gasteiger partial charge in [-0.25, -0.2) is 19.2 Å². The molecule has 0 aliphatic heterocycles. The summed E-state index contributed by atoms with van der Waals surface area (Å²) in [4.78, 5) is 4.01. The maximum atomic E-state index is 12.6. The summed E-state index contributed by atoms with van der Waals surface area (Å²) < 4.78 is 26.6. The number of aromatic nitrogens is 1. The quantitative estimate of drug-likeness (QED) is 0.654. The Morgan fingerprint density at radius 1 is 1.40 bits per heavy atom. The molecular formula is C12H19ClN4O2S. The summed E-state index contributed by atoms with van der Waals surface area (Å²) in [5.41, 5.74) is 2.32. The second kappa shape index (κ2) is 6.26. The number of nitrogens with one attached hydrogen (secondary N) is 1. The predicted octanol–water partition coefficient (Wildman–Crippen LogP) is 1.97. The van der Waals surface area contributed by atoms with Crippen LogP contribution in [0.5, 0.6) is 0 Å². The first kappa shape index (κ1) is 15.5. The molecule has 1 saturated carbocycles. The van der Waals surface area contributed by atoms with E-state index in [0.29, 0.717) is 0 Å². The number of hydrogen-bond acceptors (Lipinski definition) is 5. The van der Waals surface area contributed by atoms with E-state index in [4.69, 9.17) is 17.4 Å². The van der Waals surface area contributed by atoms with E-state index in [2.05, 4.69) is 10.4 Å². The van der Waals surface area contributed by atoms with Crippen LogP contribution in [0, 0.1) is 0 Å². The van der Waals surface area contributed by atoms with Crippen LogP contribution in [0.4, 0.5) is 5.82 Å². The fourth-order valence-corrected chi connectivity index (χ4v) is 4.15. The Labute approximate surface area is 124 Å². The highest BCUT2D eigenvalue weighted by atomic mass is 35.5. The van der Waals surface area contributed by atoms with Crippen LogP contribution in [0.1, 0.15) is 32.1 Å². The number of anilines is 1. The zero-order valence-corrected chi connectivity index (χ0v) is 12.9. The lowest BCUT2D eigenvalue weighted by molar-refractivity contribution is 0.286. The summed E-state index contributed by atoms with van der Waals surface area (Å²) in [5.74, 6) is 5.49. The van der Waals surface area contributed by atoms with Gasteiger partial charge >= 0.3 is 0 Å². The average molecular weight is 319 g/mol. The fourth-order valence-electron chi connectivity index (χ4n) is 2.47. The van der Waals surface area contributed by atoms with Crippen molar-refractivity contribution in [3.63, 3.8) is 0 Å². The van der Waals surface area contributed by atoms with Crippen molar-refractivity contribution in [3.05, 3.63) is 17.3 Å². The van der Waals surface area contributed by atoms with Crippen LogP contribution >= 0.6 is 11.6 Å². The van der Waals surface area contributed by atoms with Gasteiger partial charge in [-0.2, -0.15) is 4.31 Å². The van der Waals surface area contributed by atoms with E-state index in [1.807, 2.05) is 0 Å². The minimum absolute atomic E-state index is 0.0554. The molecule has 0 atom stereocenters. The smallest absolute Gasteiger partial charge is 0.244 e. The van der Waals surface area contributed by atoms with Gasteiger partial charge in [0.25, 0.3) is 0 Å².